The van der Waals surface area contributed by atoms with Gasteiger partial charge < -0.3 is 16.0 Å². The molecule has 1 rings (SSSR count). The number of nitrogens with zero attached hydrogens (tertiary/aromatic N) is 1. The van der Waals surface area contributed by atoms with Crippen LogP contribution in [0, 0.1) is 5.92 Å². The van der Waals surface area contributed by atoms with Crippen LogP contribution in [0.5, 0.6) is 0 Å². The molecule has 1 aliphatic rings. The number of hydrogen-bond acceptors (Lipinski definition) is 3. The van der Waals surface area contributed by atoms with E-state index in [1.807, 2.05) is 4.90 Å². The zero-order valence-corrected chi connectivity index (χ0v) is 11.4. The van der Waals surface area contributed by atoms with E-state index >= 15 is 0 Å². The Morgan fingerprint density at radius 3 is 2.50 bits per heavy atom. The number of piperidine rings is 1. The zero-order chi connectivity index (χ0) is 13.5. The Hall–Kier alpha value is -1.10. The van der Waals surface area contributed by atoms with Crippen LogP contribution in [0.1, 0.15) is 39.5 Å². The highest BCUT2D eigenvalue weighted by atomic mass is 16.2. The molecule has 1 saturated heterocycles. The summed E-state index contributed by atoms with van der Waals surface area (Å²) in [7, 11) is 0. The van der Waals surface area contributed by atoms with Crippen molar-refractivity contribution < 1.29 is 9.59 Å². The molecular weight excluding hydrogens is 230 g/mol. The molecule has 1 unspecified atom stereocenters. The second-order valence-electron chi connectivity index (χ2n) is 5.23. The molecule has 2 amide bonds. The molecule has 0 aromatic heterocycles. The fraction of sp³-hybridized carbons (Fsp3) is 0.846. The summed E-state index contributed by atoms with van der Waals surface area (Å²) in [5.74, 6) is 0.628. The van der Waals surface area contributed by atoms with Crippen LogP contribution in [0.2, 0.25) is 0 Å². The molecule has 0 spiro atoms. The van der Waals surface area contributed by atoms with E-state index in [1.165, 1.54) is 0 Å². The summed E-state index contributed by atoms with van der Waals surface area (Å²) in [5.41, 5.74) is 5.52. The van der Waals surface area contributed by atoms with E-state index in [-0.39, 0.29) is 17.9 Å². The zero-order valence-electron chi connectivity index (χ0n) is 11.4. The largest absolute Gasteiger partial charge is 0.353 e. The lowest BCUT2D eigenvalue weighted by atomic mass is 10.0. The van der Waals surface area contributed by atoms with Crippen molar-refractivity contribution in [3.8, 4) is 0 Å². The van der Waals surface area contributed by atoms with Gasteiger partial charge in [0, 0.05) is 32.5 Å². The van der Waals surface area contributed by atoms with Gasteiger partial charge in [-0.15, -0.1) is 0 Å². The first-order valence-corrected chi connectivity index (χ1v) is 6.78. The van der Waals surface area contributed by atoms with Crippen LogP contribution in [0.25, 0.3) is 0 Å². The Bertz CT molecular complexity index is 286. The number of likely N-dealkylation sites (tertiary alicyclic amines) is 1. The van der Waals surface area contributed by atoms with Crippen molar-refractivity contribution in [3.63, 3.8) is 0 Å². The third-order valence-corrected chi connectivity index (χ3v) is 3.57. The van der Waals surface area contributed by atoms with Gasteiger partial charge in [-0.1, -0.05) is 6.92 Å². The van der Waals surface area contributed by atoms with Gasteiger partial charge >= 0.3 is 0 Å². The van der Waals surface area contributed by atoms with Gasteiger partial charge in [-0.05, 0) is 31.7 Å². The smallest absolute Gasteiger partial charge is 0.220 e. The number of carbonyl (C=O) groups is 2. The van der Waals surface area contributed by atoms with E-state index in [9.17, 15) is 9.59 Å². The maximum atomic E-state index is 11.7. The molecule has 104 valence electrons. The van der Waals surface area contributed by atoms with Crippen molar-refractivity contribution in [2.45, 2.75) is 45.6 Å². The maximum Gasteiger partial charge on any atom is 0.220 e. The van der Waals surface area contributed by atoms with E-state index in [0.29, 0.717) is 18.9 Å². The van der Waals surface area contributed by atoms with Gasteiger partial charge in [0.2, 0.25) is 11.8 Å². The van der Waals surface area contributed by atoms with Crippen LogP contribution in [-0.2, 0) is 9.59 Å². The van der Waals surface area contributed by atoms with E-state index in [2.05, 4.69) is 12.2 Å². The van der Waals surface area contributed by atoms with Gasteiger partial charge in [0.25, 0.3) is 0 Å². The van der Waals surface area contributed by atoms with Crippen molar-refractivity contribution in [2.75, 3.05) is 19.6 Å². The lowest BCUT2D eigenvalue weighted by molar-refractivity contribution is -0.130. The van der Waals surface area contributed by atoms with E-state index in [1.54, 1.807) is 6.92 Å². The molecule has 0 aromatic rings. The predicted octanol–water partition coefficient (Wildman–Crippen LogP) is 0.489. The molecule has 0 bridgehead atoms. The minimum Gasteiger partial charge on any atom is -0.353 e. The Kier molecular flexibility index (Phi) is 6.12. The minimum atomic E-state index is 0.108. The topological polar surface area (TPSA) is 75.4 Å². The molecule has 0 aliphatic carbocycles. The second kappa shape index (κ2) is 7.36. The molecule has 0 radical (unpaired) electrons. The van der Waals surface area contributed by atoms with Crippen LogP contribution in [0.15, 0.2) is 0 Å². The normalized spacial score (nSPS) is 18.5. The predicted molar refractivity (Wildman–Crippen MR) is 70.9 cm³/mol. The number of rotatable bonds is 5. The molecule has 1 heterocycles. The molecule has 1 aliphatic heterocycles. The van der Waals surface area contributed by atoms with Crippen LogP contribution in [0.4, 0.5) is 0 Å². The third kappa shape index (κ3) is 5.04. The van der Waals surface area contributed by atoms with Crippen molar-refractivity contribution in [2.24, 2.45) is 11.7 Å². The van der Waals surface area contributed by atoms with E-state index in [0.717, 1.165) is 32.4 Å². The highest BCUT2D eigenvalue weighted by Gasteiger charge is 2.21. The van der Waals surface area contributed by atoms with Crippen LogP contribution < -0.4 is 11.1 Å². The SMILES string of the molecule is CC(=O)N1CCC(NC(=O)CCC(C)CN)CC1. The molecule has 5 heteroatoms. The molecule has 5 nitrogen and oxygen atoms in total. The van der Waals surface area contributed by atoms with Crippen molar-refractivity contribution >= 4 is 11.8 Å². The second-order valence-corrected chi connectivity index (χ2v) is 5.23. The Morgan fingerprint density at radius 2 is 2.00 bits per heavy atom. The number of nitrogens with one attached hydrogen (secondary N) is 1. The van der Waals surface area contributed by atoms with Gasteiger partial charge in [-0.3, -0.25) is 9.59 Å². The standard InChI is InChI=1S/C13H25N3O2/c1-10(9-14)3-4-13(18)15-12-5-7-16(8-6-12)11(2)17/h10,12H,3-9,14H2,1-2H3,(H,15,18). The van der Waals surface area contributed by atoms with Crippen LogP contribution in [-0.4, -0.2) is 42.4 Å². The molecule has 1 atom stereocenters. The fourth-order valence-corrected chi connectivity index (χ4v) is 2.13. The van der Waals surface area contributed by atoms with Gasteiger partial charge in [-0.2, -0.15) is 0 Å². The average molecular weight is 255 g/mol. The summed E-state index contributed by atoms with van der Waals surface area (Å²) >= 11 is 0. The maximum absolute atomic E-state index is 11.7. The fourth-order valence-electron chi connectivity index (χ4n) is 2.13. The summed E-state index contributed by atoms with van der Waals surface area (Å²) < 4.78 is 0. The molecule has 1 fully saturated rings. The van der Waals surface area contributed by atoms with Gasteiger partial charge in [0.15, 0.2) is 0 Å². The Labute approximate surface area is 109 Å². The molecule has 0 saturated carbocycles. The quantitative estimate of drug-likeness (QED) is 0.750. The molecular formula is C13H25N3O2. The van der Waals surface area contributed by atoms with E-state index in [4.69, 9.17) is 5.73 Å². The highest BCUT2D eigenvalue weighted by Crippen LogP contribution is 2.11. The first kappa shape index (κ1) is 15.0. The molecule has 0 aromatic carbocycles. The first-order chi connectivity index (χ1) is 8.52. The number of amides is 2. The van der Waals surface area contributed by atoms with Crippen LogP contribution >= 0.6 is 0 Å². The summed E-state index contributed by atoms with van der Waals surface area (Å²) in [6.07, 6.45) is 3.11. The van der Waals surface area contributed by atoms with Crippen LogP contribution in [0.3, 0.4) is 0 Å². The first-order valence-electron chi connectivity index (χ1n) is 6.78. The molecule has 3 N–H and O–H groups in total. The summed E-state index contributed by atoms with van der Waals surface area (Å²) in [5, 5.41) is 3.04. The van der Waals surface area contributed by atoms with Crippen molar-refractivity contribution in [3.05, 3.63) is 0 Å². The van der Waals surface area contributed by atoms with Crippen molar-refractivity contribution in [1.29, 1.82) is 0 Å². The number of nitrogens with two attached hydrogens (primary N) is 1. The van der Waals surface area contributed by atoms with Gasteiger partial charge in [0.05, 0.1) is 0 Å². The molecule has 18 heavy (non-hydrogen) atoms. The Balaban J connectivity index is 2.20. The number of hydrogen-bond donors (Lipinski definition) is 2. The Morgan fingerprint density at radius 1 is 1.39 bits per heavy atom. The van der Waals surface area contributed by atoms with Gasteiger partial charge in [-0.25, -0.2) is 0 Å². The minimum absolute atomic E-state index is 0.108. The summed E-state index contributed by atoms with van der Waals surface area (Å²) in [4.78, 5) is 24.7. The van der Waals surface area contributed by atoms with Crippen molar-refractivity contribution in [1.82, 2.24) is 10.2 Å². The average Bonchev–Trinajstić information content (AvgIpc) is 2.36. The lowest BCUT2D eigenvalue weighted by Gasteiger charge is -2.31. The van der Waals surface area contributed by atoms with E-state index < -0.39 is 0 Å². The summed E-state index contributed by atoms with van der Waals surface area (Å²) in [6, 6.07) is 0.223. The summed E-state index contributed by atoms with van der Waals surface area (Å²) in [6.45, 7) is 5.77. The monoisotopic (exact) mass is 255 g/mol. The third-order valence-electron chi connectivity index (χ3n) is 3.57. The van der Waals surface area contributed by atoms with Gasteiger partial charge in [0.1, 0.15) is 0 Å². The lowest BCUT2D eigenvalue weighted by Crippen LogP contribution is -2.46. The number of carbonyl (C=O) groups excluding carboxylic acids is 2. The highest BCUT2D eigenvalue weighted by molar-refractivity contribution is 5.76.